The van der Waals surface area contributed by atoms with Gasteiger partial charge in [0.25, 0.3) is 0 Å². The molecule has 2 unspecified atom stereocenters. The number of aromatic nitrogens is 5. The smallest absolute Gasteiger partial charge is 0.164 e. The lowest BCUT2D eigenvalue weighted by atomic mass is 9.60. The Kier molecular flexibility index (Phi) is 8.31. The molecule has 8 aromatic carbocycles. The Morgan fingerprint density at radius 1 is 0.292 bits per heavy atom. The van der Waals surface area contributed by atoms with Crippen LogP contribution < -0.4 is 0 Å². The number of rotatable bonds is 6. The molecular formula is C60H41N5. The van der Waals surface area contributed by atoms with Gasteiger partial charge in [-0.05, 0) is 79.9 Å². The maximum absolute atomic E-state index is 5.30. The molecule has 306 valence electrons. The van der Waals surface area contributed by atoms with Crippen LogP contribution in [-0.2, 0) is 5.41 Å². The molecule has 2 heterocycles. The predicted octanol–water partition coefficient (Wildman–Crippen LogP) is 14.0. The third-order valence-corrected chi connectivity index (χ3v) is 13.9. The van der Waals surface area contributed by atoms with Crippen LogP contribution in [0.2, 0.25) is 0 Å². The predicted molar refractivity (Wildman–Crippen MR) is 260 cm³/mol. The van der Waals surface area contributed by atoms with Crippen molar-refractivity contribution in [2.75, 3.05) is 0 Å². The van der Waals surface area contributed by atoms with Crippen molar-refractivity contribution < 1.29 is 0 Å². The van der Waals surface area contributed by atoms with E-state index < -0.39 is 0 Å². The van der Waals surface area contributed by atoms with Gasteiger partial charge in [0, 0.05) is 50.6 Å². The molecule has 0 aliphatic heterocycles. The molecule has 2 atom stereocenters. The van der Waals surface area contributed by atoms with E-state index in [1.165, 1.54) is 55.6 Å². The summed E-state index contributed by atoms with van der Waals surface area (Å²) < 4.78 is 0. The summed E-state index contributed by atoms with van der Waals surface area (Å²) in [4.78, 5) is 25.7. The maximum atomic E-state index is 5.30. The Balaban J connectivity index is 0.935. The van der Waals surface area contributed by atoms with Crippen molar-refractivity contribution in [2.45, 2.75) is 31.1 Å². The first-order valence-electron chi connectivity index (χ1n) is 22.4. The van der Waals surface area contributed by atoms with Gasteiger partial charge in [0.1, 0.15) is 0 Å². The van der Waals surface area contributed by atoms with Crippen molar-refractivity contribution in [3.63, 3.8) is 0 Å². The largest absolute Gasteiger partial charge is 0.228 e. The molecule has 4 aliphatic carbocycles. The van der Waals surface area contributed by atoms with E-state index in [2.05, 4.69) is 172 Å². The molecule has 0 radical (unpaired) electrons. The van der Waals surface area contributed by atoms with E-state index in [0.717, 1.165) is 44.8 Å². The van der Waals surface area contributed by atoms with Gasteiger partial charge in [0.05, 0.1) is 11.4 Å². The quantitative estimate of drug-likeness (QED) is 0.167. The van der Waals surface area contributed by atoms with E-state index in [1.807, 2.05) is 42.5 Å². The molecule has 5 heteroatoms. The first-order chi connectivity index (χ1) is 32.0. The zero-order chi connectivity index (χ0) is 43.2. The first kappa shape index (κ1) is 37.4. The van der Waals surface area contributed by atoms with Crippen LogP contribution in [0, 0.1) is 0 Å². The third-order valence-electron chi connectivity index (χ3n) is 13.9. The second-order valence-corrected chi connectivity index (χ2v) is 18.0. The minimum absolute atomic E-state index is 0.0543. The van der Waals surface area contributed by atoms with Gasteiger partial charge >= 0.3 is 0 Å². The SMILES string of the molecule is CC1(C)c2ccccc2-c2cc(-c3cc(-c4ccc5c(c4)C4c6ccccc6C5c5cc(-c6nc(-c7ccccc7)nc(-c7ccccc7)n6)ccc54)nc(-c4ccccc4)n3)ccc21. The van der Waals surface area contributed by atoms with Crippen molar-refractivity contribution in [3.8, 4) is 79.2 Å². The molecule has 2 bridgehead atoms. The number of hydrogen-bond acceptors (Lipinski definition) is 5. The summed E-state index contributed by atoms with van der Waals surface area (Å²) in [6, 6.07) is 71.4. The van der Waals surface area contributed by atoms with Crippen LogP contribution in [0.25, 0.3) is 79.2 Å². The van der Waals surface area contributed by atoms with Gasteiger partial charge in [-0.2, -0.15) is 0 Å². The molecule has 2 aromatic heterocycles. The lowest BCUT2D eigenvalue weighted by molar-refractivity contribution is 0.660. The zero-order valence-electron chi connectivity index (χ0n) is 35.9. The van der Waals surface area contributed by atoms with Crippen LogP contribution in [0.15, 0.2) is 200 Å². The minimum atomic E-state index is -0.0671. The molecule has 65 heavy (non-hydrogen) atoms. The summed E-state index contributed by atoms with van der Waals surface area (Å²) in [5.74, 6) is 2.81. The molecule has 14 rings (SSSR count). The number of benzene rings is 8. The number of nitrogens with zero attached hydrogens (tertiary/aromatic N) is 5. The normalized spacial score (nSPS) is 15.7. The summed E-state index contributed by atoms with van der Waals surface area (Å²) >= 11 is 0. The molecule has 0 saturated carbocycles. The molecule has 4 aliphatic rings. The molecule has 5 nitrogen and oxygen atoms in total. The molecule has 0 spiro atoms. The fourth-order valence-electron chi connectivity index (χ4n) is 10.8. The van der Waals surface area contributed by atoms with Gasteiger partial charge in [-0.25, -0.2) is 24.9 Å². The van der Waals surface area contributed by atoms with E-state index in [1.54, 1.807) is 0 Å². The summed E-state index contributed by atoms with van der Waals surface area (Å²) in [6.45, 7) is 4.65. The second-order valence-electron chi connectivity index (χ2n) is 18.0. The van der Waals surface area contributed by atoms with Gasteiger partial charge in [0.15, 0.2) is 23.3 Å². The van der Waals surface area contributed by atoms with E-state index in [-0.39, 0.29) is 17.3 Å². The monoisotopic (exact) mass is 831 g/mol. The molecule has 0 saturated heterocycles. The van der Waals surface area contributed by atoms with Crippen LogP contribution in [0.4, 0.5) is 0 Å². The highest BCUT2D eigenvalue weighted by molar-refractivity contribution is 5.85. The Bertz CT molecular complexity index is 3470. The fraction of sp³-hybridized carbons (Fsp3) is 0.0833. The molecule has 10 aromatic rings. The minimum Gasteiger partial charge on any atom is -0.228 e. The van der Waals surface area contributed by atoms with Crippen molar-refractivity contribution in [3.05, 3.63) is 245 Å². The number of hydrogen-bond donors (Lipinski definition) is 0. The molecule has 0 amide bonds. The molecule has 0 N–H and O–H groups in total. The highest BCUT2D eigenvalue weighted by Crippen LogP contribution is 2.57. The van der Waals surface area contributed by atoms with E-state index >= 15 is 0 Å². The topological polar surface area (TPSA) is 64.5 Å². The molecule has 0 fully saturated rings. The zero-order valence-corrected chi connectivity index (χ0v) is 35.9. The second kappa shape index (κ2) is 14.4. The summed E-state index contributed by atoms with van der Waals surface area (Å²) in [7, 11) is 0. The lowest BCUT2D eigenvalue weighted by Gasteiger charge is -2.42. The van der Waals surface area contributed by atoms with Crippen molar-refractivity contribution in [1.29, 1.82) is 0 Å². The van der Waals surface area contributed by atoms with Crippen LogP contribution in [0.5, 0.6) is 0 Å². The first-order valence-corrected chi connectivity index (χ1v) is 22.4. The van der Waals surface area contributed by atoms with Crippen molar-refractivity contribution in [1.82, 2.24) is 24.9 Å². The van der Waals surface area contributed by atoms with Gasteiger partial charge in [-0.15, -0.1) is 0 Å². The Morgan fingerprint density at radius 2 is 0.692 bits per heavy atom. The maximum Gasteiger partial charge on any atom is 0.164 e. The average Bonchev–Trinajstić information content (AvgIpc) is 3.61. The third kappa shape index (κ3) is 5.96. The fourth-order valence-corrected chi connectivity index (χ4v) is 10.8. The highest BCUT2D eigenvalue weighted by Gasteiger charge is 2.42. The van der Waals surface area contributed by atoms with Crippen molar-refractivity contribution in [2.24, 2.45) is 0 Å². The standard InChI is InChI=1S/C60H41N5/c1-60(2)50-25-15-14-22-42(50)47-32-40(28-31-51(47)60)53-35-52(61-56(62-53)36-16-6-3-7-17-36)39-26-29-45-48(33-39)54-43-23-12-13-24-44(43)55(45)49-34-41(27-30-46(49)54)59-64-57(37-18-8-4-9-19-37)63-58(65-59)38-20-10-5-11-21-38/h3-35,54-55H,1-2H3. The summed E-state index contributed by atoms with van der Waals surface area (Å²) in [6.07, 6.45) is 0. The van der Waals surface area contributed by atoms with E-state index in [4.69, 9.17) is 24.9 Å². The Hall–Kier alpha value is -8.15. The summed E-state index contributed by atoms with van der Waals surface area (Å²) in [5, 5.41) is 0. The average molecular weight is 832 g/mol. The van der Waals surface area contributed by atoms with Crippen LogP contribution in [-0.4, -0.2) is 24.9 Å². The van der Waals surface area contributed by atoms with E-state index in [0.29, 0.717) is 23.3 Å². The van der Waals surface area contributed by atoms with Crippen molar-refractivity contribution >= 4 is 0 Å². The highest BCUT2D eigenvalue weighted by atomic mass is 15.0. The molecular weight excluding hydrogens is 791 g/mol. The van der Waals surface area contributed by atoms with Gasteiger partial charge in [-0.1, -0.05) is 190 Å². The van der Waals surface area contributed by atoms with Gasteiger partial charge in [0.2, 0.25) is 0 Å². The number of fused-ring (bicyclic) bond motifs is 3. The van der Waals surface area contributed by atoms with Gasteiger partial charge in [-0.3, -0.25) is 0 Å². The lowest BCUT2D eigenvalue weighted by Crippen LogP contribution is -2.27. The van der Waals surface area contributed by atoms with Crippen LogP contribution in [0.3, 0.4) is 0 Å². The van der Waals surface area contributed by atoms with E-state index in [9.17, 15) is 0 Å². The van der Waals surface area contributed by atoms with Gasteiger partial charge < -0.3 is 0 Å². The summed E-state index contributed by atoms with van der Waals surface area (Å²) in [5.41, 5.74) is 21.0. The van der Waals surface area contributed by atoms with Crippen LogP contribution in [0.1, 0.15) is 70.2 Å². The van der Waals surface area contributed by atoms with Crippen LogP contribution >= 0.6 is 0 Å². The Morgan fingerprint density at radius 3 is 1.26 bits per heavy atom. The Labute approximate surface area is 378 Å².